The number of aromatic nitrogens is 4. The Labute approximate surface area is 179 Å². The molecule has 2 unspecified atom stereocenters. The third kappa shape index (κ3) is 4.95. The topological polar surface area (TPSA) is 93.4 Å². The maximum absolute atomic E-state index is 12.8. The van der Waals surface area contributed by atoms with Crippen LogP contribution in [0.25, 0.3) is 0 Å². The van der Waals surface area contributed by atoms with E-state index in [1.54, 1.807) is 24.3 Å². The first-order valence-corrected chi connectivity index (χ1v) is 10.1. The SMILES string of the molecule is O=C(c1ccc(OCC(O)Cn2cnnn2)cc1)N1CCC(c2ccc(Cl)cc2)C1. The Hall–Kier alpha value is -2.97. The number of nitrogens with zero attached hydrogens (tertiary/aromatic N) is 5. The summed E-state index contributed by atoms with van der Waals surface area (Å²) in [7, 11) is 0. The smallest absolute Gasteiger partial charge is 0.253 e. The zero-order valence-corrected chi connectivity index (χ0v) is 17.0. The van der Waals surface area contributed by atoms with Gasteiger partial charge in [-0.1, -0.05) is 23.7 Å². The van der Waals surface area contributed by atoms with Crippen LogP contribution in [0.1, 0.15) is 28.3 Å². The molecule has 1 saturated heterocycles. The predicted molar refractivity (Wildman–Crippen MR) is 110 cm³/mol. The highest BCUT2D eigenvalue weighted by molar-refractivity contribution is 6.30. The Balaban J connectivity index is 1.29. The Bertz CT molecular complexity index is 963. The van der Waals surface area contributed by atoms with Crippen LogP contribution in [-0.2, 0) is 6.54 Å². The van der Waals surface area contributed by atoms with E-state index in [4.69, 9.17) is 16.3 Å². The average molecular weight is 428 g/mol. The molecule has 2 atom stereocenters. The van der Waals surface area contributed by atoms with Crippen molar-refractivity contribution in [2.75, 3.05) is 19.7 Å². The second kappa shape index (κ2) is 9.23. The maximum Gasteiger partial charge on any atom is 0.253 e. The van der Waals surface area contributed by atoms with Crippen LogP contribution < -0.4 is 4.74 Å². The number of aliphatic hydroxyl groups excluding tert-OH is 1. The molecule has 1 aromatic heterocycles. The third-order valence-electron chi connectivity index (χ3n) is 5.15. The van der Waals surface area contributed by atoms with Gasteiger partial charge < -0.3 is 14.7 Å². The van der Waals surface area contributed by atoms with Gasteiger partial charge >= 0.3 is 0 Å². The summed E-state index contributed by atoms with van der Waals surface area (Å²) in [5, 5.41) is 21.4. The van der Waals surface area contributed by atoms with Crippen LogP contribution in [0.2, 0.25) is 5.02 Å². The molecule has 4 rings (SSSR count). The standard InChI is InChI=1S/C21H22ClN5O3/c22-18-5-1-15(2-6-18)17-9-10-26(11-17)21(29)16-3-7-20(8-4-16)30-13-19(28)12-27-14-23-24-25-27/h1-8,14,17,19,28H,9-13H2. The number of rotatable bonds is 7. The lowest BCUT2D eigenvalue weighted by atomic mass is 9.99. The van der Waals surface area contributed by atoms with Gasteiger partial charge in [-0.25, -0.2) is 4.68 Å². The molecule has 0 saturated carbocycles. The average Bonchev–Trinajstić information content (AvgIpc) is 3.45. The lowest BCUT2D eigenvalue weighted by Crippen LogP contribution is -2.28. The number of aliphatic hydroxyl groups is 1. The highest BCUT2D eigenvalue weighted by Gasteiger charge is 2.28. The van der Waals surface area contributed by atoms with Crippen LogP contribution in [0.3, 0.4) is 0 Å². The van der Waals surface area contributed by atoms with Gasteiger partial charge in [0.1, 0.15) is 24.8 Å². The van der Waals surface area contributed by atoms with Crippen molar-refractivity contribution in [2.24, 2.45) is 0 Å². The van der Waals surface area contributed by atoms with E-state index in [1.165, 1.54) is 16.6 Å². The molecule has 3 aromatic rings. The number of likely N-dealkylation sites (tertiary alicyclic amines) is 1. The highest BCUT2D eigenvalue weighted by Crippen LogP contribution is 2.29. The summed E-state index contributed by atoms with van der Waals surface area (Å²) in [5.74, 6) is 0.926. The minimum atomic E-state index is -0.746. The summed E-state index contributed by atoms with van der Waals surface area (Å²) in [4.78, 5) is 14.7. The number of amides is 1. The van der Waals surface area contributed by atoms with E-state index in [-0.39, 0.29) is 19.1 Å². The van der Waals surface area contributed by atoms with Crippen LogP contribution in [0, 0.1) is 0 Å². The zero-order valence-electron chi connectivity index (χ0n) is 16.3. The second-order valence-electron chi connectivity index (χ2n) is 7.31. The summed E-state index contributed by atoms with van der Waals surface area (Å²) < 4.78 is 7.03. The first-order chi connectivity index (χ1) is 14.6. The number of tetrazole rings is 1. The largest absolute Gasteiger partial charge is 0.491 e. The maximum atomic E-state index is 12.8. The molecule has 1 amide bonds. The fourth-order valence-electron chi connectivity index (χ4n) is 3.55. The van der Waals surface area contributed by atoms with Crippen LogP contribution in [0.4, 0.5) is 0 Å². The molecule has 9 heteroatoms. The van der Waals surface area contributed by atoms with Gasteiger partial charge in [-0.2, -0.15) is 0 Å². The van der Waals surface area contributed by atoms with E-state index >= 15 is 0 Å². The van der Waals surface area contributed by atoms with Crippen molar-refractivity contribution in [3.63, 3.8) is 0 Å². The molecule has 1 fully saturated rings. The molecule has 8 nitrogen and oxygen atoms in total. The number of hydrogen-bond acceptors (Lipinski definition) is 6. The second-order valence-corrected chi connectivity index (χ2v) is 7.75. The van der Waals surface area contributed by atoms with Crippen LogP contribution in [-0.4, -0.2) is 61.9 Å². The Morgan fingerprint density at radius 1 is 1.20 bits per heavy atom. The molecule has 1 aliphatic rings. The summed E-state index contributed by atoms with van der Waals surface area (Å²) in [6.07, 6.45) is 1.62. The van der Waals surface area contributed by atoms with Crippen LogP contribution in [0.15, 0.2) is 54.9 Å². The van der Waals surface area contributed by atoms with Gasteiger partial charge in [0.2, 0.25) is 0 Å². The summed E-state index contributed by atoms with van der Waals surface area (Å²) in [5.41, 5.74) is 1.83. The predicted octanol–water partition coefficient (Wildman–Crippen LogP) is 2.40. The van der Waals surface area contributed by atoms with Crippen LogP contribution >= 0.6 is 11.6 Å². The van der Waals surface area contributed by atoms with E-state index in [2.05, 4.69) is 15.5 Å². The molecule has 2 aromatic carbocycles. The lowest BCUT2D eigenvalue weighted by Gasteiger charge is -2.17. The molecule has 0 aliphatic carbocycles. The highest BCUT2D eigenvalue weighted by atomic mass is 35.5. The number of ether oxygens (including phenoxy) is 1. The zero-order chi connectivity index (χ0) is 20.9. The molecule has 0 spiro atoms. The lowest BCUT2D eigenvalue weighted by molar-refractivity contribution is 0.0789. The van der Waals surface area contributed by atoms with Crippen molar-refractivity contribution in [3.05, 3.63) is 71.0 Å². The van der Waals surface area contributed by atoms with Gasteiger partial charge in [-0.15, -0.1) is 5.10 Å². The van der Waals surface area contributed by atoms with E-state index in [0.717, 1.165) is 18.0 Å². The number of benzene rings is 2. The van der Waals surface area contributed by atoms with Gasteiger partial charge in [0.15, 0.2) is 0 Å². The summed E-state index contributed by atoms with van der Waals surface area (Å²) in [6.45, 7) is 1.77. The van der Waals surface area contributed by atoms with Crippen molar-refractivity contribution in [3.8, 4) is 5.75 Å². The first kappa shape index (κ1) is 20.3. The Morgan fingerprint density at radius 3 is 2.67 bits per heavy atom. The van der Waals surface area contributed by atoms with Gasteiger partial charge in [0.05, 0.1) is 6.54 Å². The van der Waals surface area contributed by atoms with Crippen molar-refractivity contribution >= 4 is 17.5 Å². The van der Waals surface area contributed by atoms with E-state index in [9.17, 15) is 9.90 Å². The monoisotopic (exact) mass is 427 g/mol. The fourth-order valence-corrected chi connectivity index (χ4v) is 3.68. The number of halogens is 1. The van der Waals surface area contributed by atoms with Crippen molar-refractivity contribution < 1.29 is 14.6 Å². The van der Waals surface area contributed by atoms with E-state index in [0.29, 0.717) is 23.8 Å². The first-order valence-electron chi connectivity index (χ1n) is 9.75. The van der Waals surface area contributed by atoms with E-state index in [1.807, 2.05) is 29.2 Å². The Kier molecular flexibility index (Phi) is 6.25. The molecule has 1 N–H and O–H groups in total. The van der Waals surface area contributed by atoms with Crippen molar-refractivity contribution in [1.82, 2.24) is 25.1 Å². The van der Waals surface area contributed by atoms with Gasteiger partial charge in [-0.3, -0.25) is 4.79 Å². The van der Waals surface area contributed by atoms with Gasteiger partial charge in [-0.05, 0) is 58.8 Å². The van der Waals surface area contributed by atoms with Crippen molar-refractivity contribution in [1.29, 1.82) is 0 Å². The minimum Gasteiger partial charge on any atom is -0.491 e. The molecular weight excluding hydrogens is 406 g/mol. The van der Waals surface area contributed by atoms with Gasteiger partial charge in [0, 0.05) is 29.6 Å². The number of carbonyl (C=O) groups is 1. The van der Waals surface area contributed by atoms with Crippen LogP contribution in [0.5, 0.6) is 5.75 Å². The van der Waals surface area contributed by atoms with Gasteiger partial charge in [0.25, 0.3) is 5.91 Å². The van der Waals surface area contributed by atoms with E-state index < -0.39 is 6.10 Å². The van der Waals surface area contributed by atoms with Crippen molar-refractivity contribution in [2.45, 2.75) is 25.0 Å². The molecular formula is C21H22ClN5O3. The Morgan fingerprint density at radius 2 is 1.97 bits per heavy atom. The summed E-state index contributed by atoms with van der Waals surface area (Å²) in [6, 6.07) is 14.8. The number of carbonyl (C=O) groups excluding carboxylic acids is 1. The summed E-state index contributed by atoms with van der Waals surface area (Å²) >= 11 is 5.96. The molecule has 1 aliphatic heterocycles. The normalized spacial score (nSPS) is 17.1. The molecule has 30 heavy (non-hydrogen) atoms. The number of hydrogen-bond donors (Lipinski definition) is 1. The molecule has 2 heterocycles. The molecule has 0 bridgehead atoms. The fraction of sp³-hybridized carbons (Fsp3) is 0.333. The minimum absolute atomic E-state index is 0.0109. The molecule has 156 valence electrons. The molecule has 0 radical (unpaired) electrons. The quantitative estimate of drug-likeness (QED) is 0.622. The third-order valence-corrected chi connectivity index (χ3v) is 5.40.